The molecule has 3 aromatic heterocycles. The van der Waals surface area contributed by atoms with Crippen LogP contribution in [0.4, 0.5) is 5.82 Å². The first kappa shape index (κ1) is 14.8. The molecular formula is C18H13N5O2. The van der Waals surface area contributed by atoms with Gasteiger partial charge >= 0.3 is 0 Å². The maximum atomic E-state index is 12.4. The summed E-state index contributed by atoms with van der Waals surface area (Å²) >= 11 is 0. The highest BCUT2D eigenvalue weighted by molar-refractivity contribution is 6.03. The number of benzene rings is 1. The zero-order chi connectivity index (χ0) is 17.1. The summed E-state index contributed by atoms with van der Waals surface area (Å²) in [5.41, 5.74) is 0.543. The van der Waals surface area contributed by atoms with Crippen molar-refractivity contribution >= 4 is 11.7 Å². The van der Waals surface area contributed by atoms with Gasteiger partial charge in [-0.15, -0.1) is 0 Å². The highest BCUT2D eigenvalue weighted by atomic mass is 16.3. The van der Waals surface area contributed by atoms with Crippen LogP contribution in [0.3, 0.4) is 0 Å². The number of hydrogen-bond donors (Lipinski definition) is 1. The van der Waals surface area contributed by atoms with Crippen LogP contribution in [0.15, 0.2) is 77.7 Å². The minimum absolute atomic E-state index is 0.254. The molecule has 0 aliphatic rings. The Morgan fingerprint density at radius 1 is 1.04 bits per heavy atom. The third kappa shape index (κ3) is 3.16. The Morgan fingerprint density at radius 2 is 1.92 bits per heavy atom. The van der Waals surface area contributed by atoms with Gasteiger partial charge in [-0.25, -0.2) is 14.6 Å². The van der Waals surface area contributed by atoms with E-state index in [0.717, 1.165) is 0 Å². The molecule has 122 valence electrons. The highest BCUT2D eigenvalue weighted by Gasteiger charge is 2.13. The van der Waals surface area contributed by atoms with E-state index in [4.69, 9.17) is 4.42 Å². The molecule has 0 unspecified atom stereocenters. The first-order valence-electron chi connectivity index (χ1n) is 7.59. The number of nitrogens with one attached hydrogen (secondary N) is 1. The number of aromatic nitrogens is 4. The highest BCUT2D eigenvalue weighted by Crippen LogP contribution is 2.20. The fourth-order valence-corrected chi connectivity index (χ4v) is 2.31. The number of nitrogens with zero attached hydrogens (tertiary/aromatic N) is 4. The molecule has 0 spiro atoms. The lowest BCUT2D eigenvalue weighted by molar-refractivity contribution is 0.102. The number of carbonyl (C=O) groups is 1. The third-order valence-corrected chi connectivity index (χ3v) is 3.47. The number of carbonyl (C=O) groups excluding carboxylic acids is 1. The second-order valence-electron chi connectivity index (χ2n) is 5.18. The second kappa shape index (κ2) is 6.40. The standard InChI is InChI=1S/C18H13N5O2/c24-18(13-6-2-1-3-7-13)21-15-12-16(23-10-5-9-19-23)22-17(20-15)14-8-4-11-25-14/h1-12H,(H,20,21,22,24). The van der Waals surface area contributed by atoms with Crippen molar-refractivity contribution in [3.8, 4) is 17.4 Å². The Balaban J connectivity index is 1.73. The molecular weight excluding hydrogens is 318 g/mol. The van der Waals surface area contributed by atoms with Crippen molar-refractivity contribution in [1.29, 1.82) is 0 Å². The Morgan fingerprint density at radius 3 is 2.64 bits per heavy atom. The minimum atomic E-state index is -0.254. The van der Waals surface area contributed by atoms with Gasteiger partial charge < -0.3 is 9.73 Å². The van der Waals surface area contributed by atoms with Gasteiger partial charge in [0, 0.05) is 24.0 Å². The first-order valence-corrected chi connectivity index (χ1v) is 7.59. The van der Waals surface area contributed by atoms with Gasteiger partial charge in [0.25, 0.3) is 5.91 Å². The molecule has 3 heterocycles. The SMILES string of the molecule is O=C(Nc1cc(-n2cccn2)nc(-c2ccco2)n1)c1ccccc1. The molecule has 0 saturated carbocycles. The van der Waals surface area contributed by atoms with E-state index in [0.29, 0.717) is 28.8 Å². The molecule has 7 nitrogen and oxygen atoms in total. The van der Waals surface area contributed by atoms with Crippen molar-refractivity contribution < 1.29 is 9.21 Å². The molecule has 0 atom stereocenters. The van der Waals surface area contributed by atoms with Gasteiger partial charge in [0.2, 0.25) is 0 Å². The van der Waals surface area contributed by atoms with Gasteiger partial charge in [-0.2, -0.15) is 5.10 Å². The Labute approximate surface area is 143 Å². The first-order chi connectivity index (χ1) is 12.3. The number of furan rings is 1. The van der Waals surface area contributed by atoms with Crippen LogP contribution in [0.25, 0.3) is 17.4 Å². The van der Waals surface area contributed by atoms with Crippen molar-refractivity contribution in [2.45, 2.75) is 0 Å². The fraction of sp³-hybridized carbons (Fsp3) is 0. The summed E-state index contributed by atoms with van der Waals surface area (Å²) < 4.78 is 6.96. The quantitative estimate of drug-likeness (QED) is 0.621. The van der Waals surface area contributed by atoms with Crippen LogP contribution >= 0.6 is 0 Å². The number of hydrogen-bond acceptors (Lipinski definition) is 5. The van der Waals surface area contributed by atoms with Crippen LogP contribution < -0.4 is 5.32 Å². The smallest absolute Gasteiger partial charge is 0.256 e. The molecule has 0 saturated heterocycles. The number of anilines is 1. The topological polar surface area (TPSA) is 85.8 Å². The molecule has 0 aliphatic carbocycles. The van der Waals surface area contributed by atoms with Crippen LogP contribution in [-0.2, 0) is 0 Å². The van der Waals surface area contributed by atoms with E-state index in [2.05, 4.69) is 20.4 Å². The average molecular weight is 331 g/mol. The molecule has 1 amide bonds. The molecule has 1 N–H and O–H groups in total. The van der Waals surface area contributed by atoms with Crippen LogP contribution in [0, 0.1) is 0 Å². The van der Waals surface area contributed by atoms with Crippen LogP contribution in [0.2, 0.25) is 0 Å². The monoisotopic (exact) mass is 331 g/mol. The van der Waals surface area contributed by atoms with Crippen molar-refractivity contribution in [2.24, 2.45) is 0 Å². The number of rotatable bonds is 4. The summed E-state index contributed by atoms with van der Waals surface area (Å²) in [6.45, 7) is 0. The fourth-order valence-electron chi connectivity index (χ4n) is 2.31. The lowest BCUT2D eigenvalue weighted by Crippen LogP contribution is -2.14. The summed E-state index contributed by atoms with van der Waals surface area (Å²) in [6, 6.07) is 15.9. The average Bonchev–Trinajstić information content (AvgIpc) is 3.36. The summed E-state index contributed by atoms with van der Waals surface area (Å²) in [5.74, 6) is 1.50. The van der Waals surface area contributed by atoms with E-state index < -0.39 is 0 Å². The van der Waals surface area contributed by atoms with Gasteiger partial charge in [-0.3, -0.25) is 4.79 Å². The summed E-state index contributed by atoms with van der Waals surface area (Å²) in [6.07, 6.45) is 4.95. The van der Waals surface area contributed by atoms with Crippen LogP contribution in [0.5, 0.6) is 0 Å². The van der Waals surface area contributed by atoms with E-state index in [-0.39, 0.29) is 5.91 Å². The van der Waals surface area contributed by atoms with Gasteiger partial charge in [0.15, 0.2) is 17.4 Å². The van der Waals surface area contributed by atoms with E-state index in [1.54, 1.807) is 71.9 Å². The van der Waals surface area contributed by atoms with Crippen molar-refractivity contribution in [3.05, 3.63) is 78.8 Å². The van der Waals surface area contributed by atoms with E-state index >= 15 is 0 Å². The van der Waals surface area contributed by atoms with Gasteiger partial charge in [-0.1, -0.05) is 18.2 Å². The van der Waals surface area contributed by atoms with E-state index in [1.165, 1.54) is 0 Å². The Hall–Kier alpha value is -3.74. The maximum absolute atomic E-state index is 12.4. The number of amides is 1. The normalized spacial score (nSPS) is 10.6. The Kier molecular flexibility index (Phi) is 3.80. The van der Waals surface area contributed by atoms with Crippen molar-refractivity contribution in [2.75, 3.05) is 5.32 Å². The molecule has 0 fully saturated rings. The minimum Gasteiger partial charge on any atom is -0.461 e. The zero-order valence-electron chi connectivity index (χ0n) is 13.0. The largest absolute Gasteiger partial charge is 0.461 e. The predicted molar refractivity (Wildman–Crippen MR) is 91.3 cm³/mol. The Bertz CT molecular complexity index is 927. The summed E-state index contributed by atoms with van der Waals surface area (Å²) in [4.78, 5) is 21.2. The van der Waals surface area contributed by atoms with Gasteiger partial charge in [0.05, 0.1) is 6.26 Å². The maximum Gasteiger partial charge on any atom is 0.256 e. The third-order valence-electron chi connectivity index (χ3n) is 3.47. The molecule has 4 aromatic rings. The van der Waals surface area contributed by atoms with Gasteiger partial charge in [-0.05, 0) is 30.3 Å². The van der Waals surface area contributed by atoms with E-state index in [9.17, 15) is 4.79 Å². The zero-order valence-corrected chi connectivity index (χ0v) is 13.0. The molecule has 0 aliphatic heterocycles. The summed E-state index contributed by atoms with van der Waals surface area (Å²) in [5, 5.41) is 6.96. The van der Waals surface area contributed by atoms with Crippen LogP contribution in [-0.4, -0.2) is 25.7 Å². The van der Waals surface area contributed by atoms with Gasteiger partial charge in [0.1, 0.15) is 5.82 Å². The molecule has 0 radical (unpaired) electrons. The lowest BCUT2D eigenvalue weighted by atomic mass is 10.2. The molecule has 1 aromatic carbocycles. The molecule has 4 rings (SSSR count). The predicted octanol–water partition coefficient (Wildman–Crippen LogP) is 3.17. The summed E-state index contributed by atoms with van der Waals surface area (Å²) in [7, 11) is 0. The van der Waals surface area contributed by atoms with Crippen molar-refractivity contribution in [1.82, 2.24) is 19.7 Å². The molecule has 7 heteroatoms. The van der Waals surface area contributed by atoms with E-state index in [1.807, 2.05) is 6.07 Å². The molecule has 25 heavy (non-hydrogen) atoms. The van der Waals surface area contributed by atoms with Crippen LogP contribution in [0.1, 0.15) is 10.4 Å². The van der Waals surface area contributed by atoms with Crippen molar-refractivity contribution in [3.63, 3.8) is 0 Å². The second-order valence-corrected chi connectivity index (χ2v) is 5.18. The lowest BCUT2D eigenvalue weighted by Gasteiger charge is -2.08. The molecule has 0 bridgehead atoms.